The predicted molar refractivity (Wildman–Crippen MR) is 109 cm³/mol. The maximum Gasteiger partial charge on any atom is 0.311 e. The van der Waals surface area contributed by atoms with Crippen molar-refractivity contribution in [1.29, 1.82) is 0 Å². The summed E-state index contributed by atoms with van der Waals surface area (Å²) < 4.78 is 15.4. The highest BCUT2D eigenvalue weighted by Gasteiger charge is 2.36. The van der Waals surface area contributed by atoms with Crippen molar-refractivity contribution in [3.8, 4) is 11.5 Å². The highest BCUT2D eigenvalue weighted by atomic mass is 16.5. The van der Waals surface area contributed by atoms with Gasteiger partial charge in [0.05, 0.1) is 26.7 Å². The summed E-state index contributed by atoms with van der Waals surface area (Å²) in [6.07, 6.45) is -0.120. The molecule has 2 aromatic rings. The first-order valence-electron chi connectivity index (χ1n) is 9.51. The number of benzene rings is 2. The SMILES string of the molecule is COc1ccc(C(=O)NN2C[C@@H](C(=O)OCC(=O)c3ccccc3)CC2=O)cc1OC. The second-order valence-corrected chi connectivity index (χ2v) is 6.81. The Kier molecular flexibility index (Phi) is 6.86. The van der Waals surface area contributed by atoms with E-state index in [0.29, 0.717) is 17.1 Å². The van der Waals surface area contributed by atoms with E-state index in [1.165, 1.54) is 26.4 Å². The lowest BCUT2D eigenvalue weighted by molar-refractivity contribution is -0.147. The van der Waals surface area contributed by atoms with Crippen LogP contribution in [0.25, 0.3) is 0 Å². The van der Waals surface area contributed by atoms with Crippen LogP contribution in [0.5, 0.6) is 11.5 Å². The number of ether oxygens (including phenoxy) is 3. The number of carbonyl (C=O) groups is 4. The van der Waals surface area contributed by atoms with Crippen LogP contribution in [0.4, 0.5) is 0 Å². The van der Waals surface area contributed by atoms with Gasteiger partial charge in [-0.2, -0.15) is 0 Å². The first kappa shape index (κ1) is 21.8. The zero-order valence-electron chi connectivity index (χ0n) is 17.1. The third-order valence-corrected chi connectivity index (χ3v) is 4.78. The van der Waals surface area contributed by atoms with Crippen molar-refractivity contribution in [2.45, 2.75) is 6.42 Å². The van der Waals surface area contributed by atoms with Crippen LogP contribution in [0.2, 0.25) is 0 Å². The second kappa shape index (κ2) is 9.75. The van der Waals surface area contributed by atoms with E-state index >= 15 is 0 Å². The van der Waals surface area contributed by atoms with Crippen molar-refractivity contribution in [2.24, 2.45) is 5.92 Å². The van der Waals surface area contributed by atoms with Gasteiger partial charge in [0.25, 0.3) is 5.91 Å². The molecule has 2 aromatic carbocycles. The lowest BCUT2D eigenvalue weighted by Gasteiger charge is -2.18. The number of nitrogens with one attached hydrogen (secondary N) is 1. The van der Waals surface area contributed by atoms with Gasteiger partial charge in [0, 0.05) is 17.5 Å². The molecule has 0 aliphatic carbocycles. The van der Waals surface area contributed by atoms with Crippen molar-refractivity contribution in [1.82, 2.24) is 10.4 Å². The third-order valence-electron chi connectivity index (χ3n) is 4.78. The number of ketones is 1. The minimum absolute atomic E-state index is 0.0454. The van der Waals surface area contributed by atoms with Crippen LogP contribution in [0.3, 0.4) is 0 Å². The molecular formula is C22H22N2O7. The largest absolute Gasteiger partial charge is 0.493 e. The summed E-state index contributed by atoms with van der Waals surface area (Å²) in [5.74, 6) is -1.91. The first-order valence-corrected chi connectivity index (χ1v) is 9.51. The molecule has 9 heteroatoms. The van der Waals surface area contributed by atoms with Crippen LogP contribution in [0.15, 0.2) is 48.5 Å². The molecule has 162 valence electrons. The number of nitrogens with zero attached hydrogens (tertiary/aromatic N) is 1. The number of methoxy groups -OCH3 is 2. The zero-order valence-corrected chi connectivity index (χ0v) is 17.1. The fraction of sp³-hybridized carbons (Fsp3) is 0.273. The lowest BCUT2D eigenvalue weighted by atomic mass is 10.1. The molecule has 1 heterocycles. The third kappa shape index (κ3) is 5.19. The molecule has 0 bridgehead atoms. The fourth-order valence-corrected chi connectivity index (χ4v) is 3.10. The minimum Gasteiger partial charge on any atom is -0.493 e. The monoisotopic (exact) mass is 426 g/mol. The summed E-state index contributed by atoms with van der Waals surface area (Å²) in [6.45, 7) is -0.457. The van der Waals surface area contributed by atoms with Crippen LogP contribution >= 0.6 is 0 Å². The van der Waals surface area contributed by atoms with E-state index in [4.69, 9.17) is 14.2 Å². The molecule has 31 heavy (non-hydrogen) atoms. The van der Waals surface area contributed by atoms with Crippen LogP contribution in [-0.4, -0.2) is 55.9 Å². The van der Waals surface area contributed by atoms with E-state index in [2.05, 4.69) is 5.43 Å². The van der Waals surface area contributed by atoms with Gasteiger partial charge >= 0.3 is 5.97 Å². The highest BCUT2D eigenvalue weighted by Crippen LogP contribution is 2.27. The molecule has 0 spiro atoms. The zero-order chi connectivity index (χ0) is 22.4. The number of esters is 1. The number of hydrogen-bond acceptors (Lipinski definition) is 7. The molecule has 1 aliphatic heterocycles. The topological polar surface area (TPSA) is 111 Å². The number of hydrogen-bond donors (Lipinski definition) is 1. The first-order chi connectivity index (χ1) is 14.9. The maximum atomic E-state index is 12.5. The maximum absolute atomic E-state index is 12.5. The molecule has 1 fully saturated rings. The van der Waals surface area contributed by atoms with E-state index in [9.17, 15) is 19.2 Å². The average molecular weight is 426 g/mol. The Hall–Kier alpha value is -3.88. The van der Waals surface area contributed by atoms with Crippen molar-refractivity contribution in [3.63, 3.8) is 0 Å². The van der Waals surface area contributed by atoms with Gasteiger partial charge in [-0.15, -0.1) is 0 Å². The molecule has 1 atom stereocenters. The summed E-state index contributed by atoms with van der Waals surface area (Å²) in [5.41, 5.74) is 3.17. The van der Waals surface area contributed by atoms with Crippen LogP contribution < -0.4 is 14.9 Å². The fourth-order valence-electron chi connectivity index (χ4n) is 3.10. The van der Waals surface area contributed by atoms with Crippen molar-refractivity contribution >= 4 is 23.6 Å². The number of Topliss-reactive ketones (excluding diaryl/α,β-unsaturated/α-hetero) is 1. The number of hydrazine groups is 1. The Morgan fingerprint density at radius 2 is 1.71 bits per heavy atom. The van der Waals surface area contributed by atoms with Gasteiger partial charge in [0.15, 0.2) is 23.9 Å². The molecule has 0 radical (unpaired) electrons. The molecule has 1 saturated heterocycles. The van der Waals surface area contributed by atoms with Gasteiger partial charge in [-0.25, -0.2) is 0 Å². The van der Waals surface area contributed by atoms with E-state index in [1.807, 2.05) is 0 Å². The quantitative estimate of drug-likeness (QED) is 0.504. The summed E-state index contributed by atoms with van der Waals surface area (Å²) in [4.78, 5) is 49.1. The van der Waals surface area contributed by atoms with E-state index in [-0.39, 0.29) is 24.3 Å². The summed E-state index contributed by atoms with van der Waals surface area (Å²) in [7, 11) is 2.93. The Bertz CT molecular complexity index is 991. The molecule has 2 amide bonds. The van der Waals surface area contributed by atoms with Crippen LogP contribution in [0, 0.1) is 5.92 Å². The second-order valence-electron chi connectivity index (χ2n) is 6.81. The van der Waals surface area contributed by atoms with Crippen LogP contribution in [-0.2, 0) is 14.3 Å². The standard InChI is InChI=1S/C22H22N2O7/c1-29-18-9-8-15(10-19(18)30-2)21(27)23-24-12-16(11-20(24)26)22(28)31-13-17(25)14-6-4-3-5-7-14/h3-10,16H,11-13H2,1-2H3,(H,23,27)/t16-/m0/s1. The smallest absolute Gasteiger partial charge is 0.311 e. The Morgan fingerprint density at radius 1 is 1.00 bits per heavy atom. The predicted octanol–water partition coefficient (Wildman–Crippen LogP) is 1.62. The van der Waals surface area contributed by atoms with Crippen molar-refractivity contribution in [3.05, 3.63) is 59.7 Å². The Labute approximate surface area is 178 Å². The molecule has 3 rings (SSSR count). The molecule has 9 nitrogen and oxygen atoms in total. The lowest BCUT2D eigenvalue weighted by Crippen LogP contribution is -2.43. The molecule has 0 unspecified atom stereocenters. The Morgan fingerprint density at radius 3 is 2.39 bits per heavy atom. The van der Waals surface area contributed by atoms with Crippen molar-refractivity contribution in [2.75, 3.05) is 27.4 Å². The van der Waals surface area contributed by atoms with Gasteiger partial charge in [0.2, 0.25) is 5.91 Å². The van der Waals surface area contributed by atoms with Crippen molar-refractivity contribution < 1.29 is 33.4 Å². The van der Waals surface area contributed by atoms with Gasteiger partial charge in [-0.05, 0) is 18.2 Å². The minimum atomic E-state index is -0.776. The molecular weight excluding hydrogens is 404 g/mol. The van der Waals surface area contributed by atoms with Gasteiger partial charge in [-0.3, -0.25) is 29.6 Å². The van der Waals surface area contributed by atoms with Gasteiger partial charge in [-0.1, -0.05) is 30.3 Å². The van der Waals surface area contributed by atoms with Crippen LogP contribution in [0.1, 0.15) is 27.1 Å². The summed E-state index contributed by atoms with van der Waals surface area (Å²) in [5, 5.41) is 1.07. The highest BCUT2D eigenvalue weighted by molar-refractivity contribution is 5.99. The van der Waals surface area contributed by atoms with E-state index in [1.54, 1.807) is 36.4 Å². The number of carbonyl (C=O) groups excluding carboxylic acids is 4. The van der Waals surface area contributed by atoms with E-state index in [0.717, 1.165) is 5.01 Å². The average Bonchev–Trinajstić information content (AvgIpc) is 3.17. The summed E-state index contributed by atoms with van der Waals surface area (Å²) in [6, 6.07) is 13.0. The molecule has 1 N–H and O–H groups in total. The van der Waals surface area contributed by atoms with Gasteiger partial charge in [0.1, 0.15) is 0 Å². The van der Waals surface area contributed by atoms with E-state index < -0.39 is 30.3 Å². The normalized spacial score (nSPS) is 15.4. The van der Waals surface area contributed by atoms with Gasteiger partial charge < -0.3 is 14.2 Å². The summed E-state index contributed by atoms with van der Waals surface area (Å²) >= 11 is 0. The molecule has 0 saturated carbocycles. The number of amides is 2. The molecule has 1 aliphatic rings. The number of rotatable bonds is 8. The molecule has 0 aromatic heterocycles. The Balaban J connectivity index is 1.55.